The number of nitrogens with zero attached hydrogens (tertiary/aromatic N) is 2. The van der Waals surface area contributed by atoms with Crippen LogP contribution in [-0.4, -0.2) is 34.3 Å². The first-order valence-electron chi connectivity index (χ1n) is 5.39. The van der Waals surface area contributed by atoms with Crippen molar-refractivity contribution in [1.82, 2.24) is 9.78 Å². The number of ether oxygens (including phenoxy) is 1. The van der Waals surface area contributed by atoms with Crippen LogP contribution in [0.5, 0.6) is 0 Å². The molecule has 0 saturated carbocycles. The third kappa shape index (κ3) is 4.47. The lowest BCUT2D eigenvalue weighted by atomic mass is 10.2. The normalized spacial score (nSPS) is 13.9. The number of aromatic nitrogens is 2. The van der Waals surface area contributed by atoms with E-state index in [0.29, 0.717) is 17.3 Å². The van der Waals surface area contributed by atoms with Gasteiger partial charge in [0, 0.05) is 19.6 Å². The van der Waals surface area contributed by atoms with Gasteiger partial charge in [0.25, 0.3) is 0 Å². The van der Waals surface area contributed by atoms with Crippen molar-refractivity contribution in [2.24, 2.45) is 0 Å². The van der Waals surface area contributed by atoms with E-state index in [1.165, 1.54) is 10.9 Å². The summed E-state index contributed by atoms with van der Waals surface area (Å²) in [5.74, 6) is 0. The summed E-state index contributed by atoms with van der Waals surface area (Å²) in [6.45, 7) is 0.814. The smallest absolute Gasteiger partial charge is 0.387 e. The van der Waals surface area contributed by atoms with Crippen LogP contribution in [0.25, 0.3) is 0 Å². The Hall–Kier alpha value is -0.790. The van der Waals surface area contributed by atoms with E-state index in [4.69, 9.17) is 11.6 Å². The van der Waals surface area contributed by atoms with Gasteiger partial charge in [0.15, 0.2) is 0 Å². The molecule has 0 radical (unpaired) electrons. The van der Waals surface area contributed by atoms with E-state index in [1.807, 2.05) is 6.92 Å². The zero-order chi connectivity index (χ0) is 13.8. The highest BCUT2D eigenvalue weighted by molar-refractivity contribution is 6.31. The van der Waals surface area contributed by atoms with Gasteiger partial charge in [-0.15, -0.1) is 0 Å². The molecule has 1 unspecified atom stereocenters. The molecule has 1 aromatic rings. The second kappa shape index (κ2) is 6.40. The summed E-state index contributed by atoms with van der Waals surface area (Å²) in [4.78, 5) is 0. The fourth-order valence-electron chi connectivity index (χ4n) is 1.47. The molecule has 4 nitrogen and oxygen atoms in total. The number of alkyl halides is 3. The largest absolute Gasteiger partial charge is 0.411 e. The minimum atomic E-state index is -4.35. The number of aliphatic hydroxyl groups excluding tert-OH is 1. The van der Waals surface area contributed by atoms with Crippen LogP contribution in [0.15, 0.2) is 6.20 Å². The maximum absolute atomic E-state index is 11.8. The summed E-state index contributed by atoms with van der Waals surface area (Å²) in [6.07, 6.45) is -3.93. The number of hydrogen-bond acceptors (Lipinski definition) is 3. The van der Waals surface area contributed by atoms with Gasteiger partial charge in [-0.05, 0) is 6.92 Å². The molecule has 0 saturated heterocycles. The van der Waals surface area contributed by atoms with Gasteiger partial charge in [-0.1, -0.05) is 11.6 Å². The number of hydrogen-bond donors (Lipinski definition) is 1. The second-order valence-electron chi connectivity index (χ2n) is 3.67. The van der Waals surface area contributed by atoms with Crippen LogP contribution in [0.3, 0.4) is 0 Å². The third-order valence-electron chi connectivity index (χ3n) is 2.25. The Morgan fingerprint density at radius 1 is 1.56 bits per heavy atom. The van der Waals surface area contributed by atoms with Gasteiger partial charge in [0.05, 0.1) is 23.0 Å². The molecule has 1 N–H and O–H groups in total. The molecule has 8 heteroatoms. The Bertz CT molecular complexity index is 382. The molecule has 0 aliphatic heterocycles. The zero-order valence-corrected chi connectivity index (χ0v) is 10.5. The molecule has 0 spiro atoms. The van der Waals surface area contributed by atoms with Crippen LogP contribution in [0.1, 0.15) is 25.1 Å². The van der Waals surface area contributed by atoms with Gasteiger partial charge < -0.3 is 9.84 Å². The minimum Gasteiger partial charge on any atom is -0.387 e. The second-order valence-corrected chi connectivity index (χ2v) is 4.07. The van der Waals surface area contributed by atoms with Crippen molar-refractivity contribution in [3.05, 3.63) is 16.9 Å². The summed E-state index contributed by atoms with van der Waals surface area (Å²) >= 11 is 5.84. The quantitative estimate of drug-likeness (QED) is 0.818. The van der Waals surface area contributed by atoms with Crippen LogP contribution in [0.2, 0.25) is 5.02 Å². The molecule has 0 bridgehead atoms. The topological polar surface area (TPSA) is 47.3 Å². The Morgan fingerprint density at radius 3 is 2.78 bits per heavy atom. The molecule has 1 rings (SSSR count). The van der Waals surface area contributed by atoms with E-state index in [9.17, 15) is 18.3 Å². The predicted octanol–water partition coefficient (Wildman–Crippen LogP) is 2.56. The van der Waals surface area contributed by atoms with Crippen LogP contribution in [-0.2, 0) is 11.3 Å². The first kappa shape index (κ1) is 15.3. The summed E-state index contributed by atoms with van der Waals surface area (Å²) in [5, 5.41) is 14.0. The molecule has 1 heterocycles. The van der Waals surface area contributed by atoms with Crippen LogP contribution in [0, 0.1) is 0 Å². The molecular formula is C10H14ClF3N2O2. The summed E-state index contributed by atoms with van der Waals surface area (Å²) in [7, 11) is 0. The van der Waals surface area contributed by atoms with Crippen LogP contribution in [0.4, 0.5) is 13.2 Å². The minimum absolute atomic E-state index is 0.0293. The number of halogens is 4. The highest BCUT2D eigenvalue weighted by Gasteiger charge is 2.27. The Labute approximate surface area is 107 Å². The van der Waals surface area contributed by atoms with E-state index in [1.54, 1.807) is 0 Å². The van der Waals surface area contributed by atoms with Crippen molar-refractivity contribution < 1.29 is 23.0 Å². The van der Waals surface area contributed by atoms with Crippen LogP contribution < -0.4 is 0 Å². The van der Waals surface area contributed by atoms with Crippen molar-refractivity contribution in [3.63, 3.8) is 0 Å². The van der Waals surface area contributed by atoms with E-state index >= 15 is 0 Å². The molecule has 0 aliphatic carbocycles. The predicted molar refractivity (Wildman–Crippen MR) is 59.4 cm³/mol. The van der Waals surface area contributed by atoms with Crippen LogP contribution >= 0.6 is 11.6 Å². The SMILES string of the molecule is CCn1ncc(Cl)c1C(O)CCOCC(F)(F)F. The molecule has 0 aromatic carbocycles. The Morgan fingerprint density at radius 2 is 2.22 bits per heavy atom. The maximum Gasteiger partial charge on any atom is 0.411 e. The summed E-state index contributed by atoms with van der Waals surface area (Å²) in [6, 6.07) is 0. The Kier molecular flexibility index (Phi) is 5.43. The van der Waals surface area contributed by atoms with Crippen molar-refractivity contribution in [2.75, 3.05) is 13.2 Å². The zero-order valence-electron chi connectivity index (χ0n) is 9.74. The third-order valence-corrected chi connectivity index (χ3v) is 2.54. The van der Waals surface area contributed by atoms with Crippen molar-refractivity contribution in [3.8, 4) is 0 Å². The first-order valence-corrected chi connectivity index (χ1v) is 5.76. The fourth-order valence-corrected chi connectivity index (χ4v) is 1.74. The number of rotatable bonds is 6. The summed E-state index contributed by atoms with van der Waals surface area (Å²) < 4.78 is 41.4. The Balaban J connectivity index is 2.45. The van der Waals surface area contributed by atoms with Crippen molar-refractivity contribution in [1.29, 1.82) is 0 Å². The molecule has 1 aromatic heterocycles. The average Bonchev–Trinajstić information content (AvgIpc) is 2.64. The van der Waals surface area contributed by atoms with E-state index in [2.05, 4.69) is 9.84 Å². The molecule has 0 aliphatic rings. The molecule has 104 valence electrons. The fraction of sp³-hybridized carbons (Fsp3) is 0.700. The average molecular weight is 287 g/mol. The lowest BCUT2D eigenvalue weighted by Gasteiger charge is -2.14. The highest BCUT2D eigenvalue weighted by atomic mass is 35.5. The maximum atomic E-state index is 11.8. The lowest BCUT2D eigenvalue weighted by molar-refractivity contribution is -0.175. The molecular weight excluding hydrogens is 273 g/mol. The van der Waals surface area contributed by atoms with Gasteiger partial charge in [0.2, 0.25) is 0 Å². The van der Waals surface area contributed by atoms with Gasteiger partial charge in [-0.3, -0.25) is 4.68 Å². The van der Waals surface area contributed by atoms with Crippen molar-refractivity contribution >= 4 is 11.6 Å². The standard InChI is InChI=1S/C10H14ClF3N2O2/c1-2-16-9(7(11)5-15-16)8(17)3-4-18-6-10(12,13)14/h5,8,17H,2-4,6H2,1H3. The monoisotopic (exact) mass is 286 g/mol. The summed E-state index contributed by atoms with van der Waals surface area (Å²) in [5.41, 5.74) is 0.398. The number of aryl methyl sites for hydroxylation is 1. The molecule has 1 atom stereocenters. The van der Waals surface area contributed by atoms with E-state index < -0.39 is 18.9 Å². The highest BCUT2D eigenvalue weighted by Crippen LogP contribution is 2.25. The van der Waals surface area contributed by atoms with E-state index in [-0.39, 0.29) is 13.0 Å². The lowest BCUT2D eigenvalue weighted by Crippen LogP contribution is -2.18. The van der Waals surface area contributed by atoms with Gasteiger partial charge >= 0.3 is 6.18 Å². The first-order chi connectivity index (χ1) is 8.35. The van der Waals surface area contributed by atoms with Gasteiger partial charge in [-0.2, -0.15) is 18.3 Å². The van der Waals surface area contributed by atoms with Gasteiger partial charge in [0.1, 0.15) is 6.61 Å². The number of aliphatic hydroxyl groups is 1. The van der Waals surface area contributed by atoms with Gasteiger partial charge in [-0.25, -0.2) is 0 Å². The molecule has 18 heavy (non-hydrogen) atoms. The van der Waals surface area contributed by atoms with Crippen molar-refractivity contribution in [2.45, 2.75) is 32.2 Å². The van der Waals surface area contributed by atoms with E-state index in [0.717, 1.165) is 0 Å². The molecule has 0 fully saturated rings. The molecule has 0 amide bonds.